The second-order valence-corrected chi connectivity index (χ2v) is 8.89. The van der Waals surface area contributed by atoms with E-state index in [1.54, 1.807) is 7.05 Å². The molecule has 2 aromatic rings. The van der Waals surface area contributed by atoms with Crippen molar-refractivity contribution in [2.24, 2.45) is 0 Å². The van der Waals surface area contributed by atoms with Gasteiger partial charge in [-0.3, -0.25) is 4.79 Å². The topological polar surface area (TPSA) is 57.7 Å². The van der Waals surface area contributed by atoms with Crippen LogP contribution in [-0.2, 0) is 21.4 Å². The second kappa shape index (κ2) is 8.31. The lowest BCUT2D eigenvalue weighted by molar-refractivity contribution is -0.130. The minimum Gasteiger partial charge on any atom is -0.340 e. The molecular formula is C17H18BrClN2O3S. The predicted molar refractivity (Wildman–Crippen MR) is 102 cm³/mol. The minimum atomic E-state index is -3.75. The number of hydrogen-bond acceptors (Lipinski definition) is 3. The van der Waals surface area contributed by atoms with Crippen molar-refractivity contribution in [3.05, 3.63) is 63.6 Å². The summed E-state index contributed by atoms with van der Waals surface area (Å²) in [4.78, 5) is 14.0. The molecule has 0 aliphatic rings. The van der Waals surface area contributed by atoms with Crippen LogP contribution in [0.4, 0.5) is 0 Å². The zero-order chi connectivity index (χ0) is 18.6. The number of likely N-dealkylation sites (N-methyl/N-ethyl adjacent to an activating group) is 2. The number of halogens is 2. The Morgan fingerprint density at radius 3 is 2.28 bits per heavy atom. The van der Waals surface area contributed by atoms with E-state index >= 15 is 0 Å². The summed E-state index contributed by atoms with van der Waals surface area (Å²) in [5.41, 5.74) is 0.946. The van der Waals surface area contributed by atoms with E-state index in [-0.39, 0.29) is 17.3 Å². The van der Waals surface area contributed by atoms with Crippen molar-refractivity contribution in [2.45, 2.75) is 11.4 Å². The zero-order valence-corrected chi connectivity index (χ0v) is 17.0. The molecule has 0 heterocycles. The van der Waals surface area contributed by atoms with E-state index in [0.717, 1.165) is 14.3 Å². The molecule has 2 rings (SSSR count). The fraction of sp³-hybridized carbons (Fsp3) is 0.235. The highest BCUT2D eigenvalue weighted by Gasteiger charge is 2.24. The highest BCUT2D eigenvalue weighted by molar-refractivity contribution is 9.10. The average molecular weight is 446 g/mol. The van der Waals surface area contributed by atoms with Crippen LogP contribution in [-0.4, -0.2) is 44.2 Å². The molecule has 0 bridgehead atoms. The van der Waals surface area contributed by atoms with Crippen LogP contribution in [0, 0.1) is 0 Å². The zero-order valence-electron chi connectivity index (χ0n) is 13.8. The number of hydrogen-bond donors (Lipinski definition) is 0. The average Bonchev–Trinajstić information content (AvgIpc) is 2.57. The predicted octanol–water partition coefficient (Wildman–Crippen LogP) is 3.38. The van der Waals surface area contributed by atoms with Gasteiger partial charge < -0.3 is 4.90 Å². The van der Waals surface area contributed by atoms with E-state index in [4.69, 9.17) is 11.6 Å². The van der Waals surface area contributed by atoms with Gasteiger partial charge in [-0.2, -0.15) is 4.31 Å². The molecule has 0 unspecified atom stereocenters. The summed E-state index contributed by atoms with van der Waals surface area (Å²) in [7, 11) is -0.721. The number of nitrogens with zero attached hydrogens (tertiary/aromatic N) is 2. The number of benzene rings is 2. The van der Waals surface area contributed by atoms with Crippen LogP contribution in [0.15, 0.2) is 57.9 Å². The van der Waals surface area contributed by atoms with E-state index in [2.05, 4.69) is 15.9 Å². The fourth-order valence-corrected chi connectivity index (χ4v) is 3.81. The van der Waals surface area contributed by atoms with E-state index in [9.17, 15) is 13.2 Å². The molecule has 0 spiro atoms. The number of carbonyl (C=O) groups is 1. The van der Waals surface area contributed by atoms with Crippen LogP contribution in [0.5, 0.6) is 0 Å². The summed E-state index contributed by atoms with van der Waals surface area (Å²) in [6, 6.07) is 13.4. The molecule has 0 fully saturated rings. The van der Waals surface area contributed by atoms with Gasteiger partial charge in [0.2, 0.25) is 15.9 Å². The summed E-state index contributed by atoms with van der Waals surface area (Å²) in [6.45, 7) is 0.140. The first-order valence-electron chi connectivity index (χ1n) is 7.41. The second-order valence-electron chi connectivity index (χ2n) is 5.56. The molecule has 5 nitrogen and oxygen atoms in total. The van der Waals surface area contributed by atoms with Crippen molar-refractivity contribution in [3.63, 3.8) is 0 Å². The molecule has 0 radical (unpaired) electrons. The summed E-state index contributed by atoms with van der Waals surface area (Å²) in [6.07, 6.45) is 0. The standard InChI is InChI=1S/C17H18BrClN2O3S/c1-20(11-13-5-3-4-6-16(13)18)17(22)12-21(2)25(23,24)15-9-7-14(19)8-10-15/h3-10H,11-12H2,1-2H3. The van der Waals surface area contributed by atoms with Gasteiger partial charge in [-0.1, -0.05) is 45.7 Å². The molecule has 0 atom stereocenters. The van der Waals surface area contributed by atoms with Crippen molar-refractivity contribution in [1.29, 1.82) is 0 Å². The first-order chi connectivity index (χ1) is 11.7. The van der Waals surface area contributed by atoms with Crippen LogP contribution in [0.3, 0.4) is 0 Å². The Morgan fingerprint density at radius 1 is 1.08 bits per heavy atom. The van der Waals surface area contributed by atoms with Gasteiger partial charge in [0.05, 0.1) is 11.4 Å². The van der Waals surface area contributed by atoms with Crippen molar-refractivity contribution >= 4 is 43.5 Å². The van der Waals surface area contributed by atoms with Crippen LogP contribution in [0.2, 0.25) is 5.02 Å². The number of sulfonamides is 1. The lowest BCUT2D eigenvalue weighted by Crippen LogP contribution is -2.39. The van der Waals surface area contributed by atoms with Gasteiger partial charge in [0.15, 0.2) is 0 Å². The number of rotatable bonds is 6. The monoisotopic (exact) mass is 444 g/mol. The molecule has 8 heteroatoms. The van der Waals surface area contributed by atoms with Gasteiger partial charge in [-0.25, -0.2) is 8.42 Å². The molecule has 0 saturated heterocycles. The largest absolute Gasteiger partial charge is 0.340 e. The van der Waals surface area contributed by atoms with E-state index in [0.29, 0.717) is 11.6 Å². The molecule has 0 N–H and O–H groups in total. The van der Waals surface area contributed by atoms with Crippen LogP contribution in [0.1, 0.15) is 5.56 Å². The molecule has 134 valence electrons. The lowest BCUT2D eigenvalue weighted by atomic mass is 10.2. The Labute approximate surface area is 161 Å². The molecular weight excluding hydrogens is 428 g/mol. The maximum atomic E-state index is 12.5. The molecule has 1 amide bonds. The molecule has 0 saturated carbocycles. The molecule has 0 aromatic heterocycles. The molecule has 25 heavy (non-hydrogen) atoms. The fourth-order valence-electron chi connectivity index (χ4n) is 2.15. The van der Waals surface area contributed by atoms with Gasteiger partial charge in [-0.15, -0.1) is 0 Å². The van der Waals surface area contributed by atoms with Gasteiger partial charge in [0, 0.05) is 30.1 Å². The van der Waals surface area contributed by atoms with Crippen LogP contribution < -0.4 is 0 Å². The summed E-state index contributed by atoms with van der Waals surface area (Å²) in [5, 5.41) is 0.450. The molecule has 0 aliphatic heterocycles. The summed E-state index contributed by atoms with van der Waals surface area (Å²) in [5.74, 6) is -0.296. The highest BCUT2D eigenvalue weighted by Crippen LogP contribution is 2.19. The minimum absolute atomic E-state index is 0.0978. The normalized spacial score (nSPS) is 11.6. The lowest BCUT2D eigenvalue weighted by Gasteiger charge is -2.22. The molecule has 2 aromatic carbocycles. The Bertz CT molecular complexity index is 856. The van der Waals surface area contributed by atoms with Gasteiger partial charge in [0.25, 0.3) is 0 Å². The maximum absolute atomic E-state index is 12.5. The van der Waals surface area contributed by atoms with Crippen LogP contribution in [0.25, 0.3) is 0 Å². The van der Waals surface area contributed by atoms with E-state index < -0.39 is 10.0 Å². The van der Waals surface area contributed by atoms with Gasteiger partial charge >= 0.3 is 0 Å². The third-order valence-electron chi connectivity index (χ3n) is 3.67. The first-order valence-corrected chi connectivity index (χ1v) is 10.0. The van der Waals surface area contributed by atoms with E-state index in [1.165, 1.54) is 36.2 Å². The number of carbonyl (C=O) groups excluding carboxylic acids is 1. The Kier molecular flexibility index (Phi) is 6.62. The summed E-state index contributed by atoms with van der Waals surface area (Å²) < 4.78 is 27.0. The maximum Gasteiger partial charge on any atom is 0.243 e. The molecule has 0 aliphatic carbocycles. The highest BCUT2D eigenvalue weighted by atomic mass is 79.9. The van der Waals surface area contributed by atoms with Gasteiger partial charge in [0.1, 0.15) is 0 Å². The number of amides is 1. The van der Waals surface area contributed by atoms with Crippen LogP contribution >= 0.6 is 27.5 Å². The van der Waals surface area contributed by atoms with Gasteiger partial charge in [-0.05, 0) is 35.9 Å². The Morgan fingerprint density at radius 2 is 1.68 bits per heavy atom. The van der Waals surface area contributed by atoms with Crippen molar-refractivity contribution < 1.29 is 13.2 Å². The third-order valence-corrected chi connectivity index (χ3v) is 6.51. The Hall–Kier alpha value is -1.41. The van der Waals surface area contributed by atoms with E-state index in [1.807, 2.05) is 24.3 Å². The summed E-state index contributed by atoms with van der Waals surface area (Å²) >= 11 is 9.22. The first kappa shape index (κ1) is 19.9. The van der Waals surface area contributed by atoms with Crippen molar-refractivity contribution in [2.75, 3.05) is 20.6 Å². The smallest absolute Gasteiger partial charge is 0.243 e. The Balaban J connectivity index is 2.06. The van der Waals surface area contributed by atoms with Crippen molar-refractivity contribution in [1.82, 2.24) is 9.21 Å². The van der Waals surface area contributed by atoms with Crippen molar-refractivity contribution in [3.8, 4) is 0 Å². The third kappa shape index (κ3) is 5.04. The quantitative estimate of drug-likeness (QED) is 0.685. The SMILES string of the molecule is CN(Cc1ccccc1Br)C(=O)CN(C)S(=O)(=O)c1ccc(Cl)cc1.